The zero-order valence-corrected chi connectivity index (χ0v) is 11.3. The van der Waals surface area contributed by atoms with Crippen molar-refractivity contribution in [2.75, 3.05) is 43.4 Å². The summed E-state index contributed by atoms with van der Waals surface area (Å²) in [6.45, 7) is 4.69. The van der Waals surface area contributed by atoms with Gasteiger partial charge < -0.3 is 4.90 Å². The van der Waals surface area contributed by atoms with E-state index in [-0.39, 0.29) is 5.82 Å². The second-order valence-corrected chi connectivity index (χ2v) is 4.76. The number of para-hydroxylation sites is 1. The Kier molecular flexibility index (Phi) is 5.08. The lowest BCUT2D eigenvalue weighted by Crippen LogP contribution is -2.46. The summed E-state index contributed by atoms with van der Waals surface area (Å²) >= 11 is 4.14. The van der Waals surface area contributed by atoms with Crippen LogP contribution in [-0.2, 0) is 0 Å². The number of benzene rings is 1. The second-order valence-electron chi connectivity index (χ2n) is 4.39. The first-order valence-electron chi connectivity index (χ1n) is 6.29. The molecule has 1 heterocycles. The van der Waals surface area contributed by atoms with E-state index in [0.717, 1.165) is 44.2 Å². The molecule has 1 aliphatic rings. The van der Waals surface area contributed by atoms with Gasteiger partial charge in [-0.1, -0.05) is 24.3 Å². The highest BCUT2D eigenvalue weighted by Gasteiger charge is 2.18. The molecule has 1 aromatic carbocycles. The number of anilines is 1. The minimum absolute atomic E-state index is 0.124. The van der Waals surface area contributed by atoms with Crippen LogP contribution in [0.15, 0.2) is 36.4 Å². The Hall–Kier alpha value is -1.00. The van der Waals surface area contributed by atoms with Crippen molar-refractivity contribution in [3.05, 3.63) is 42.2 Å². The molecule has 0 aromatic heterocycles. The third kappa shape index (κ3) is 3.50. The number of rotatable bonds is 4. The Bertz CT molecular complexity index is 401. The number of thiol groups is 1. The van der Waals surface area contributed by atoms with E-state index in [1.54, 1.807) is 6.07 Å². The fourth-order valence-corrected chi connectivity index (χ4v) is 2.33. The Labute approximate surface area is 113 Å². The van der Waals surface area contributed by atoms with Gasteiger partial charge in [-0.05, 0) is 12.1 Å². The monoisotopic (exact) mass is 266 g/mol. The third-order valence-electron chi connectivity index (χ3n) is 3.20. The number of piperazine rings is 1. The van der Waals surface area contributed by atoms with Gasteiger partial charge in [-0.3, -0.25) is 4.90 Å². The maximum Gasteiger partial charge on any atom is 0.146 e. The summed E-state index contributed by atoms with van der Waals surface area (Å²) in [6.07, 6.45) is 4.21. The van der Waals surface area contributed by atoms with Crippen LogP contribution in [0.3, 0.4) is 0 Å². The molecule has 98 valence electrons. The molecule has 0 amide bonds. The lowest BCUT2D eigenvalue weighted by Gasteiger charge is -2.35. The zero-order chi connectivity index (χ0) is 12.8. The normalized spacial score (nSPS) is 17.6. The van der Waals surface area contributed by atoms with Crippen LogP contribution in [0, 0.1) is 5.82 Å². The molecule has 1 fully saturated rings. The molecule has 0 atom stereocenters. The predicted octanol–water partition coefficient (Wildman–Crippen LogP) is 2.43. The third-order valence-corrected chi connectivity index (χ3v) is 3.41. The van der Waals surface area contributed by atoms with Crippen LogP contribution in [0.1, 0.15) is 0 Å². The topological polar surface area (TPSA) is 6.48 Å². The van der Waals surface area contributed by atoms with Crippen LogP contribution in [0.5, 0.6) is 0 Å². The molecule has 2 nitrogen and oxygen atoms in total. The minimum atomic E-state index is -0.124. The highest BCUT2D eigenvalue weighted by atomic mass is 32.1. The molecule has 0 spiro atoms. The van der Waals surface area contributed by atoms with Crippen LogP contribution < -0.4 is 4.90 Å². The van der Waals surface area contributed by atoms with Crippen molar-refractivity contribution in [1.82, 2.24) is 4.90 Å². The maximum atomic E-state index is 13.6. The molecule has 18 heavy (non-hydrogen) atoms. The van der Waals surface area contributed by atoms with Gasteiger partial charge in [0, 0.05) is 38.5 Å². The predicted molar refractivity (Wildman–Crippen MR) is 78.0 cm³/mol. The summed E-state index contributed by atoms with van der Waals surface area (Å²) in [5.41, 5.74) is 0.725. The largest absolute Gasteiger partial charge is 0.367 e. The van der Waals surface area contributed by atoms with Gasteiger partial charge in [0.1, 0.15) is 5.82 Å². The number of hydrogen-bond donors (Lipinski definition) is 1. The summed E-state index contributed by atoms with van der Waals surface area (Å²) in [6, 6.07) is 7.00. The SMILES string of the molecule is Fc1ccccc1N1CCN(CC=CCS)CC1. The van der Waals surface area contributed by atoms with Crippen molar-refractivity contribution in [2.45, 2.75) is 0 Å². The van der Waals surface area contributed by atoms with Crippen LogP contribution in [-0.4, -0.2) is 43.4 Å². The van der Waals surface area contributed by atoms with Gasteiger partial charge in [0.15, 0.2) is 0 Å². The summed E-state index contributed by atoms with van der Waals surface area (Å²) in [4.78, 5) is 4.49. The number of nitrogens with zero attached hydrogens (tertiary/aromatic N) is 2. The van der Waals surface area contributed by atoms with Gasteiger partial charge in [0.25, 0.3) is 0 Å². The summed E-state index contributed by atoms with van der Waals surface area (Å²) in [5, 5.41) is 0. The van der Waals surface area contributed by atoms with Crippen molar-refractivity contribution in [3.63, 3.8) is 0 Å². The Morgan fingerprint density at radius 3 is 2.50 bits per heavy atom. The first-order valence-corrected chi connectivity index (χ1v) is 6.92. The standard InChI is InChI=1S/C14H19FN2S/c15-13-5-1-2-6-14(13)17-10-8-16(9-11-17)7-3-4-12-18/h1-6,18H,7-12H2. The maximum absolute atomic E-state index is 13.6. The number of halogens is 1. The summed E-state index contributed by atoms with van der Waals surface area (Å²) < 4.78 is 13.6. The van der Waals surface area contributed by atoms with Gasteiger partial charge in [-0.2, -0.15) is 12.6 Å². The molecule has 1 aromatic rings. The van der Waals surface area contributed by atoms with E-state index in [0.29, 0.717) is 0 Å². The second kappa shape index (κ2) is 6.81. The van der Waals surface area contributed by atoms with Gasteiger partial charge in [-0.15, -0.1) is 0 Å². The van der Waals surface area contributed by atoms with Gasteiger partial charge in [0.2, 0.25) is 0 Å². The first kappa shape index (κ1) is 13.4. The molecule has 0 radical (unpaired) electrons. The van der Waals surface area contributed by atoms with E-state index in [9.17, 15) is 4.39 Å². The first-order chi connectivity index (χ1) is 8.81. The van der Waals surface area contributed by atoms with Crippen molar-refractivity contribution in [3.8, 4) is 0 Å². The van der Waals surface area contributed by atoms with E-state index >= 15 is 0 Å². The zero-order valence-electron chi connectivity index (χ0n) is 10.4. The molecule has 0 unspecified atom stereocenters. The van der Waals surface area contributed by atoms with Crippen LogP contribution >= 0.6 is 12.6 Å². The average molecular weight is 266 g/mol. The molecule has 0 saturated carbocycles. The molecular formula is C14H19FN2S. The summed E-state index contributed by atoms with van der Waals surface area (Å²) in [7, 11) is 0. The highest BCUT2D eigenvalue weighted by molar-refractivity contribution is 7.80. The molecule has 0 bridgehead atoms. The number of hydrogen-bond acceptors (Lipinski definition) is 3. The van der Waals surface area contributed by atoms with Crippen LogP contribution in [0.4, 0.5) is 10.1 Å². The molecule has 0 N–H and O–H groups in total. The Morgan fingerprint density at radius 2 is 1.83 bits per heavy atom. The van der Waals surface area contributed by atoms with E-state index in [1.165, 1.54) is 6.07 Å². The molecule has 4 heteroatoms. The van der Waals surface area contributed by atoms with Gasteiger partial charge >= 0.3 is 0 Å². The van der Waals surface area contributed by atoms with Gasteiger partial charge in [0.05, 0.1) is 5.69 Å². The molecule has 1 aliphatic heterocycles. The van der Waals surface area contributed by atoms with Crippen molar-refractivity contribution in [2.24, 2.45) is 0 Å². The molecule has 0 aliphatic carbocycles. The molecule has 1 saturated heterocycles. The highest BCUT2D eigenvalue weighted by Crippen LogP contribution is 2.19. The van der Waals surface area contributed by atoms with Crippen molar-refractivity contribution < 1.29 is 4.39 Å². The van der Waals surface area contributed by atoms with E-state index in [1.807, 2.05) is 12.1 Å². The van der Waals surface area contributed by atoms with E-state index < -0.39 is 0 Å². The van der Waals surface area contributed by atoms with Crippen molar-refractivity contribution in [1.29, 1.82) is 0 Å². The van der Waals surface area contributed by atoms with E-state index in [2.05, 4.69) is 34.6 Å². The fraction of sp³-hybridized carbons (Fsp3) is 0.429. The van der Waals surface area contributed by atoms with E-state index in [4.69, 9.17) is 0 Å². The minimum Gasteiger partial charge on any atom is -0.367 e. The summed E-state index contributed by atoms with van der Waals surface area (Å²) in [5.74, 6) is 0.663. The molecule has 2 rings (SSSR count). The van der Waals surface area contributed by atoms with Gasteiger partial charge in [-0.25, -0.2) is 4.39 Å². The Balaban J connectivity index is 1.87. The van der Waals surface area contributed by atoms with Crippen molar-refractivity contribution >= 4 is 18.3 Å². The Morgan fingerprint density at radius 1 is 1.11 bits per heavy atom. The molecular weight excluding hydrogens is 247 g/mol. The quantitative estimate of drug-likeness (QED) is 0.660. The average Bonchev–Trinajstić information content (AvgIpc) is 2.41. The van der Waals surface area contributed by atoms with Crippen LogP contribution in [0.25, 0.3) is 0 Å². The lowest BCUT2D eigenvalue weighted by atomic mass is 10.2. The van der Waals surface area contributed by atoms with Crippen LogP contribution in [0.2, 0.25) is 0 Å². The smallest absolute Gasteiger partial charge is 0.146 e. The fourth-order valence-electron chi connectivity index (χ4n) is 2.18. The lowest BCUT2D eigenvalue weighted by molar-refractivity contribution is 0.283.